The molecule has 37 heavy (non-hydrogen) atoms. The molecule has 2 N–H and O–H groups in total. The molecular weight excluding hydrogens is 470 g/mol. The number of aliphatic hydroxyl groups is 1. The molecule has 1 aliphatic rings. The molecule has 1 aliphatic heterocycles. The number of likely N-dealkylation sites (tertiary alicyclic amines) is 1. The Bertz CT molecular complexity index is 1340. The van der Waals surface area contributed by atoms with Gasteiger partial charge in [-0.15, -0.1) is 0 Å². The number of β-amino-alcohol motifs (C(OH)–C–C–N with tert-alkyl or cyclic N) is 1. The predicted molar refractivity (Wildman–Crippen MR) is 140 cm³/mol. The molecule has 0 aliphatic carbocycles. The number of aliphatic hydroxyl groups excluding tert-OH is 1. The molecule has 5 heterocycles. The third kappa shape index (κ3) is 5.07. The molecule has 11 nitrogen and oxygen atoms in total. The van der Waals surface area contributed by atoms with Gasteiger partial charge in [-0.05, 0) is 52.0 Å². The zero-order valence-corrected chi connectivity index (χ0v) is 22.1. The molecule has 11 heteroatoms. The molecular formula is C26H35N9O2. The standard InChI is InChI=1S/C26H35N9O2/c1-16(2)23-24(18-10-21(37-5)26-29-15-30-35(26)13-18)31-32-25(23)20-12-27-19(11-28-20)17-6-8-34(9-7-17)14-22(36)33(3)4/h10-13,15-17,22,36H,6-9,14H2,1-5H3,(H,31,32). The van der Waals surface area contributed by atoms with Crippen LogP contribution in [0.15, 0.2) is 31.0 Å². The first-order chi connectivity index (χ1) is 17.9. The third-order valence-corrected chi connectivity index (χ3v) is 7.17. The van der Waals surface area contributed by atoms with Crippen LogP contribution in [0.25, 0.3) is 28.3 Å². The predicted octanol–water partition coefficient (Wildman–Crippen LogP) is 2.77. The van der Waals surface area contributed by atoms with E-state index in [-0.39, 0.29) is 5.92 Å². The van der Waals surface area contributed by atoms with Crippen LogP contribution in [0, 0.1) is 0 Å². The second-order valence-electron chi connectivity index (χ2n) is 10.2. The lowest BCUT2D eigenvalue weighted by atomic mass is 9.93. The summed E-state index contributed by atoms with van der Waals surface area (Å²) in [5, 5.41) is 22.3. The summed E-state index contributed by atoms with van der Waals surface area (Å²) in [4.78, 5) is 18.0. The van der Waals surface area contributed by atoms with Crippen molar-refractivity contribution >= 4 is 5.65 Å². The van der Waals surface area contributed by atoms with Crippen molar-refractivity contribution in [2.75, 3.05) is 40.8 Å². The molecule has 196 valence electrons. The lowest BCUT2D eigenvalue weighted by molar-refractivity contribution is 0.00309. The summed E-state index contributed by atoms with van der Waals surface area (Å²) in [5.41, 5.74) is 6.10. The van der Waals surface area contributed by atoms with E-state index in [9.17, 15) is 5.11 Å². The number of aromatic nitrogens is 7. The Hall–Kier alpha value is -3.41. The fourth-order valence-corrected chi connectivity index (χ4v) is 4.99. The van der Waals surface area contributed by atoms with E-state index in [0.29, 0.717) is 23.9 Å². The molecule has 0 saturated carbocycles. The maximum Gasteiger partial charge on any atom is 0.197 e. The van der Waals surface area contributed by atoms with Gasteiger partial charge in [-0.1, -0.05) is 13.8 Å². The van der Waals surface area contributed by atoms with Gasteiger partial charge >= 0.3 is 0 Å². The Morgan fingerprint density at radius 2 is 1.95 bits per heavy atom. The molecule has 1 atom stereocenters. The number of nitrogens with zero attached hydrogens (tertiary/aromatic N) is 8. The van der Waals surface area contributed by atoms with E-state index in [4.69, 9.17) is 14.7 Å². The van der Waals surface area contributed by atoms with E-state index >= 15 is 0 Å². The number of piperidine rings is 1. The number of pyridine rings is 1. The molecule has 0 radical (unpaired) electrons. The number of rotatable bonds is 8. The molecule has 1 saturated heterocycles. The van der Waals surface area contributed by atoms with Gasteiger partial charge in [0.1, 0.15) is 23.9 Å². The van der Waals surface area contributed by atoms with Crippen molar-refractivity contribution in [3.63, 3.8) is 0 Å². The topological polar surface area (TPSA) is 121 Å². The molecule has 4 aromatic heterocycles. The van der Waals surface area contributed by atoms with Crippen LogP contribution < -0.4 is 4.74 Å². The second-order valence-corrected chi connectivity index (χ2v) is 10.2. The average molecular weight is 506 g/mol. The Balaban J connectivity index is 1.36. The minimum Gasteiger partial charge on any atom is -0.493 e. The number of hydrogen-bond donors (Lipinski definition) is 2. The molecule has 0 spiro atoms. The van der Waals surface area contributed by atoms with E-state index in [2.05, 4.69) is 39.0 Å². The smallest absolute Gasteiger partial charge is 0.197 e. The van der Waals surface area contributed by atoms with Crippen LogP contribution >= 0.6 is 0 Å². The number of H-pyrrole nitrogens is 1. The first-order valence-electron chi connectivity index (χ1n) is 12.7. The van der Waals surface area contributed by atoms with Gasteiger partial charge in [-0.25, -0.2) is 9.50 Å². The average Bonchev–Trinajstić information content (AvgIpc) is 3.56. The SMILES string of the molecule is COc1cc(-c2[nH]nc(-c3cnc(C4CCN(CC(O)N(C)C)CC4)cn3)c2C(C)C)cn2ncnc12. The Kier molecular flexibility index (Phi) is 7.18. The number of likely N-dealkylation sites (N-methyl/N-ethyl adjacent to an activating group) is 1. The summed E-state index contributed by atoms with van der Waals surface area (Å²) < 4.78 is 7.26. The van der Waals surface area contributed by atoms with Crippen molar-refractivity contribution in [3.05, 3.63) is 42.2 Å². The van der Waals surface area contributed by atoms with Crippen LogP contribution in [-0.2, 0) is 0 Å². The lowest BCUT2D eigenvalue weighted by Crippen LogP contribution is -2.43. The maximum absolute atomic E-state index is 10.1. The monoisotopic (exact) mass is 505 g/mol. The second kappa shape index (κ2) is 10.5. The van der Waals surface area contributed by atoms with E-state index < -0.39 is 6.23 Å². The highest BCUT2D eigenvalue weighted by molar-refractivity contribution is 5.75. The number of nitrogens with one attached hydrogen (secondary N) is 1. The summed E-state index contributed by atoms with van der Waals surface area (Å²) >= 11 is 0. The zero-order valence-electron chi connectivity index (χ0n) is 22.1. The zero-order chi connectivity index (χ0) is 26.1. The molecule has 4 aromatic rings. The minimum atomic E-state index is -0.441. The third-order valence-electron chi connectivity index (χ3n) is 7.17. The molecule has 1 fully saturated rings. The number of methoxy groups -OCH3 is 1. The summed E-state index contributed by atoms with van der Waals surface area (Å²) in [7, 11) is 5.42. The van der Waals surface area contributed by atoms with Crippen molar-refractivity contribution in [1.29, 1.82) is 0 Å². The highest BCUT2D eigenvalue weighted by atomic mass is 16.5. The fraction of sp³-hybridized carbons (Fsp3) is 0.500. The van der Waals surface area contributed by atoms with Crippen LogP contribution in [-0.4, -0.2) is 96.7 Å². The number of hydrogen-bond acceptors (Lipinski definition) is 9. The maximum atomic E-state index is 10.1. The Labute approximate surface area is 216 Å². The number of fused-ring (bicyclic) bond motifs is 1. The first kappa shape index (κ1) is 25.2. The van der Waals surface area contributed by atoms with Gasteiger partial charge in [-0.2, -0.15) is 10.2 Å². The summed E-state index contributed by atoms with van der Waals surface area (Å²) in [6.45, 7) is 6.84. The normalized spacial score (nSPS) is 16.2. The van der Waals surface area contributed by atoms with Gasteiger partial charge in [0.25, 0.3) is 0 Å². The van der Waals surface area contributed by atoms with Gasteiger partial charge in [0.2, 0.25) is 0 Å². The van der Waals surface area contributed by atoms with E-state index in [1.54, 1.807) is 11.6 Å². The Morgan fingerprint density at radius 3 is 2.59 bits per heavy atom. The van der Waals surface area contributed by atoms with Crippen LogP contribution in [0.4, 0.5) is 0 Å². The van der Waals surface area contributed by atoms with Crippen LogP contribution in [0.1, 0.15) is 49.8 Å². The highest BCUT2D eigenvalue weighted by Gasteiger charge is 2.25. The molecule has 0 aromatic carbocycles. The molecule has 0 bridgehead atoms. The van der Waals surface area contributed by atoms with Gasteiger partial charge in [0, 0.05) is 36.0 Å². The van der Waals surface area contributed by atoms with Crippen LogP contribution in [0.3, 0.4) is 0 Å². The largest absolute Gasteiger partial charge is 0.493 e. The Morgan fingerprint density at radius 1 is 1.16 bits per heavy atom. The van der Waals surface area contributed by atoms with Gasteiger partial charge in [0.15, 0.2) is 11.4 Å². The first-order valence-corrected chi connectivity index (χ1v) is 12.7. The van der Waals surface area contributed by atoms with Gasteiger partial charge in [0.05, 0.1) is 24.7 Å². The van der Waals surface area contributed by atoms with Crippen molar-refractivity contribution in [2.24, 2.45) is 0 Å². The molecule has 5 rings (SSSR count). The van der Waals surface area contributed by atoms with Crippen molar-refractivity contribution in [2.45, 2.75) is 44.8 Å². The molecule has 1 unspecified atom stereocenters. The number of ether oxygens (including phenoxy) is 1. The van der Waals surface area contributed by atoms with Crippen LogP contribution in [0.2, 0.25) is 0 Å². The fourth-order valence-electron chi connectivity index (χ4n) is 4.99. The van der Waals surface area contributed by atoms with Crippen molar-refractivity contribution < 1.29 is 9.84 Å². The number of aromatic amines is 1. The van der Waals surface area contributed by atoms with E-state index in [1.165, 1.54) is 6.33 Å². The van der Waals surface area contributed by atoms with Gasteiger partial charge in [-0.3, -0.25) is 24.9 Å². The van der Waals surface area contributed by atoms with E-state index in [1.807, 2.05) is 43.7 Å². The van der Waals surface area contributed by atoms with E-state index in [0.717, 1.165) is 59.8 Å². The highest BCUT2D eigenvalue weighted by Crippen LogP contribution is 2.36. The summed E-state index contributed by atoms with van der Waals surface area (Å²) in [6.07, 6.45) is 8.74. The van der Waals surface area contributed by atoms with Gasteiger partial charge < -0.3 is 9.84 Å². The van der Waals surface area contributed by atoms with Crippen molar-refractivity contribution in [1.82, 2.24) is 44.6 Å². The lowest BCUT2D eigenvalue weighted by Gasteiger charge is -2.34. The minimum absolute atomic E-state index is 0.199. The summed E-state index contributed by atoms with van der Waals surface area (Å²) in [5.74, 6) is 1.22. The van der Waals surface area contributed by atoms with Crippen molar-refractivity contribution in [3.8, 4) is 28.4 Å². The quantitative estimate of drug-likeness (QED) is 0.348. The summed E-state index contributed by atoms with van der Waals surface area (Å²) in [6, 6.07) is 1.95. The molecule has 0 amide bonds. The van der Waals surface area contributed by atoms with Crippen LogP contribution in [0.5, 0.6) is 5.75 Å².